The summed E-state index contributed by atoms with van der Waals surface area (Å²) in [4.78, 5) is 8.03. The van der Waals surface area contributed by atoms with Gasteiger partial charge in [-0.05, 0) is 28.5 Å². The lowest BCUT2D eigenvalue weighted by Gasteiger charge is -2.10. The van der Waals surface area contributed by atoms with E-state index in [0.717, 1.165) is 27.6 Å². The minimum absolute atomic E-state index is 0.170. The third-order valence-corrected chi connectivity index (χ3v) is 3.22. The van der Waals surface area contributed by atoms with Gasteiger partial charge in [0.05, 0.1) is 7.11 Å². The van der Waals surface area contributed by atoms with E-state index in [-0.39, 0.29) is 5.95 Å². The minimum Gasteiger partial charge on any atom is -0.497 e. The average Bonchev–Trinajstić information content (AvgIpc) is 2.46. The van der Waals surface area contributed by atoms with Gasteiger partial charge in [-0.3, -0.25) is 0 Å². The quantitative estimate of drug-likeness (QED) is 0.744. The number of benzene rings is 2. The van der Waals surface area contributed by atoms with Crippen LogP contribution in [0.2, 0.25) is 0 Å². The fourth-order valence-corrected chi connectivity index (χ4v) is 2.23. The van der Waals surface area contributed by atoms with E-state index in [9.17, 15) is 0 Å². The van der Waals surface area contributed by atoms with Crippen molar-refractivity contribution in [2.24, 2.45) is 0 Å². The standard InChI is InChI=1S/C15H14N4O/c1-20-10-6-5-9-3-2-4-11(12(9)7-10)13-8-18-15(17)19-14(13)16/h2-8H,1H3,(H4,16,17,18,19). The van der Waals surface area contributed by atoms with Gasteiger partial charge in [0.1, 0.15) is 11.6 Å². The number of rotatable bonds is 2. The second kappa shape index (κ2) is 4.70. The smallest absolute Gasteiger partial charge is 0.221 e. The second-order valence-electron chi connectivity index (χ2n) is 4.42. The molecule has 0 aliphatic carbocycles. The van der Waals surface area contributed by atoms with Gasteiger partial charge in [-0.1, -0.05) is 24.3 Å². The highest BCUT2D eigenvalue weighted by atomic mass is 16.5. The summed E-state index contributed by atoms with van der Waals surface area (Å²) >= 11 is 0. The fraction of sp³-hybridized carbons (Fsp3) is 0.0667. The molecule has 3 aromatic rings. The third-order valence-electron chi connectivity index (χ3n) is 3.22. The van der Waals surface area contributed by atoms with E-state index in [1.54, 1.807) is 13.3 Å². The number of nitrogens with two attached hydrogens (primary N) is 2. The van der Waals surface area contributed by atoms with Crippen molar-refractivity contribution in [3.63, 3.8) is 0 Å². The molecule has 0 fully saturated rings. The molecular formula is C15H14N4O. The van der Waals surface area contributed by atoms with Crippen molar-refractivity contribution in [3.8, 4) is 16.9 Å². The number of methoxy groups -OCH3 is 1. The summed E-state index contributed by atoms with van der Waals surface area (Å²) in [6.45, 7) is 0. The van der Waals surface area contributed by atoms with Crippen molar-refractivity contribution in [2.45, 2.75) is 0 Å². The normalized spacial score (nSPS) is 10.7. The molecule has 5 nitrogen and oxygen atoms in total. The fourth-order valence-electron chi connectivity index (χ4n) is 2.23. The molecule has 0 unspecified atom stereocenters. The summed E-state index contributed by atoms with van der Waals surface area (Å²) in [5.74, 6) is 1.33. The maximum absolute atomic E-state index is 5.95. The molecule has 0 amide bonds. The Balaban J connectivity index is 2.29. The van der Waals surface area contributed by atoms with E-state index >= 15 is 0 Å². The number of aromatic nitrogens is 2. The zero-order chi connectivity index (χ0) is 14.1. The predicted molar refractivity (Wildman–Crippen MR) is 80.4 cm³/mol. The average molecular weight is 266 g/mol. The first kappa shape index (κ1) is 12.2. The van der Waals surface area contributed by atoms with Crippen LogP contribution in [0.25, 0.3) is 21.9 Å². The minimum atomic E-state index is 0.170. The molecule has 1 heterocycles. The molecule has 4 N–H and O–H groups in total. The maximum Gasteiger partial charge on any atom is 0.221 e. The summed E-state index contributed by atoms with van der Waals surface area (Å²) in [6, 6.07) is 11.9. The second-order valence-corrected chi connectivity index (χ2v) is 4.42. The molecule has 0 radical (unpaired) electrons. The molecule has 0 aliphatic heterocycles. The van der Waals surface area contributed by atoms with Gasteiger partial charge >= 0.3 is 0 Å². The Labute approximate surface area is 116 Å². The Morgan fingerprint density at radius 1 is 1.05 bits per heavy atom. The molecule has 100 valence electrons. The monoisotopic (exact) mass is 266 g/mol. The van der Waals surface area contributed by atoms with Crippen molar-refractivity contribution < 1.29 is 4.74 Å². The molecule has 0 bridgehead atoms. The van der Waals surface area contributed by atoms with Crippen LogP contribution in [0, 0.1) is 0 Å². The lowest BCUT2D eigenvalue weighted by Crippen LogP contribution is -2.01. The van der Waals surface area contributed by atoms with Gasteiger partial charge in [-0.2, -0.15) is 4.98 Å². The van der Waals surface area contributed by atoms with Gasteiger partial charge in [-0.15, -0.1) is 0 Å². The summed E-state index contributed by atoms with van der Waals surface area (Å²) in [7, 11) is 1.64. The number of hydrogen-bond donors (Lipinski definition) is 2. The number of nitrogen functional groups attached to an aromatic ring is 2. The molecular weight excluding hydrogens is 252 g/mol. The first-order chi connectivity index (χ1) is 9.69. The zero-order valence-corrected chi connectivity index (χ0v) is 11.0. The lowest BCUT2D eigenvalue weighted by molar-refractivity contribution is 0.415. The van der Waals surface area contributed by atoms with Gasteiger partial charge in [-0.25, -0.2) is 4.98 Å². The Morgan fingerprint density at radius 3 is 2.65 bits per heavy atom. The topological polar surface area (TPSA) is 87.0 Å². The molecule has 0 spiro atoms. The van der Waals surface area contributed by atoms with Crippen LogP contribution in [0.15, 0.2) is 42.6 Å². The molecule has 5 heteroatoms. The van der Waals surface area contributed by atoms with Crippen molar-refractivity contribution >= 4 is 22.5 Å². The number of anilines is 2. The molecule has 20 heavy (non-hydrogen) atoms. The molecule has 0 saturated carbocycles. The van der Waals surface area contributed by atoms with Crippen molar-refractivity contribution in [3.05, 3.63) is 42.6 Å². The summed E-state index contributed by atoms with van der Waals surface area (Å²) in [5, 5.41) is 2.13. The van der Waals surface area contributed by atoms with Crippen LogP contribution < -0.4 is 16.2 Å². The number of nitrogens with zero attached hydrogens (tertiary/aromatic N) is 2. The highest BCUT2D eigenvalue weighted by Crippen LogP contribution is 2.33. The van der Waals surface area contributed by atoms with Gasteiger partial charge in [0.15, 0.2) is 0 Å². The van der Waals surface area contributed by atoms with Crippen molar-refractivity contribution in [1.82, 2.24) is 9.97 Å². The first-order valence-corrected chi connectivity index (χ1v) is 6.14. The SMILES string of the molecule is COc1ccc2cccc(-c3cnc(N)nc3N)c2c1. The maximum atomic E-state index is 5.95. The lowest BCUT2D eigenvalue weighted by atomic mass is 9.99. The van der Waals surface area contributed by atoms with E-state index in [1.165, 1.54) is 0 Å². The molecule has 2 aromatic carbocycles. The van der Waals surface area contributed by atoms with Crippen molar-refractivity contribution in [1.29, 1.82) is 0 Å². The summed E-state index contributed by atoms with van der Waals surface area (Å²) in [6.07, 6.45) is 1.64. The number of hydrogen-bond acceptors (Lipinski definition) is 5. The predicted octanol–water partition coefficient (Wildman–Crippen LogP) is 2.47. The van der Waals surface area contributed by atoms with E-state index in [4.69, 9.17) is 16.2 Å². The van der Waals surface area contributed by atoms with E-state index in [0.29, 0.717) is 5.82 Å². The van der Waals surface area contributed by atoms with E-state index < -0.39 is 0 Å². The summed E-state index contributed by atoms with van der Waals surface area (Å²) < 4.78 is 5.28. The molecule has 1 aromatic heterocycles. The van der Waals surface area contributed by atoms with Crippen LogP contribution in [-0.2, 0) is 0 Å². The van der Waals surface area contributed by atoms with Gasteiger partial charge in [0.25, 0.3) is 0 Å². The third kappa shape index (κ3) is 1.99. The number of ether oxygens (including phenoxy) is 1. The molecule has 0 saturated heterocycles. The van der Waals surface area contributed by atoms with Gasteiger partial charge in [0, 0.05) is 11.8 Å². The van der Waals surface area contributed by atoms with Crippen LogP contribution in [0.3, 0.4) is 0 Å². The van der Waals surface area contributed by atoms with Crippen LogP contribution in [0.4, 0.5) is 11.8 Å². The van der Waals surface area contributed by atoms with Crippen LogP contribution >= 0.6 is 0 Å². The summed E-state index contributed by atoms with van der Waals surface area (Å²) in [5.41, 5.74) is 13.2. The number of fused-ring (bicyclic) bond motifs is 1. The Bertz CT molecular complexity index is 786. The molecule has 0 aliphatic rings. The van der Waals surface area contributed by atoms with Crippen LogP contribution in [0.1, 0.15) is 0 Å². The Morgan fingerprint density at radius 2 is 1.90 bits per heavy atom. The van der Waals surface area contributed by atoms with E-state index in [2.05, 4.69) is 9.97 Å². The van der Waals surface area contributed by atoms with Crippen LogP contribution in [0.5, 0.6) is 5.75 Å². The molecule has 3 rings (SSSR count). The first-order valence-electron chi connectivity index (χ1n) is 6.14. The zero-order valence-electron chi connectivity index (χ0n) is 11.0. The van der Waals surface area contributed by atoms with E-state index in [1.807, 2.05) is 36.4 Å². The highest BCUT2D eigenvalue weighted by Gasteiger charge is 2.09. The highest BCUT2D eigenvalue weighted by molar-refractivity contribution is 5.99. The largest absolute Gasteiger partial charge is 0.497 e. The van der Waals surface area contributed by atoms with Gasteiger partial charge < -0.3 is 16.2 Å². The molecule has 0 atom stereocenters. The van der Waals surface area contributed by atoms with Crippen molar-refractivity contribution in [2.75, 3.05) is 18.6 Å². The Hall–Kier alpha value is -2.82. The van der Waals surface area contributed by atoms with Crippen LogP contribution in [-0.4, -0.2) is 17.1 Å². The Kier molecular flexibility index (Phi) is 2.87. The van der Waals surface area contributed by atoms with Gasteiger partial charge in [0.2, 0.25) is 5.95 Å².